The molecule has 0 aliphatic rings. The van der Waals surface area contributed by atoms with Crippen LogP contribution in [0.3, 0.4) is 0 Å². The van der Waals surface area contributed by atoms with Gasteiger partial charge in [0.2, 0.25) is 0 Å². The van der Waals surface area contributed by atoms with E-state index in [1.807, 2.05) is 19.1 Å². The Morgan fingerprint density at radius 1 is 1.06 bits per heavy atom. The number of carboxylic acids is 2. The van der Waals surface area contributed by atoms with E-state index < -0.39 is 23.8 Å². The normalized spacial score (nSPS) is 12.4. The molecular weight excluding hydrogens is 208 g/mol. The van der Waals surface area contributed by atoms with E-state index in [-0.39, 0.29) is 0 Å². The highest BCUT2D eigenvalue weighted by Gasteiger charge is 2.32. The maximum absolute atomic E-state index is 10.8. The lowest BCUT2D eigenvalue weighted by molar-refractivity contribution is -0.155. The molecule has 0 saturated carbocycles. The zero-order valence-corrected chi connectivity index (χ0v) is 9.18. The van der Waals surface area contributed by atoms with E-state index in [0.29, 0.717) is 0 Å². The van der Waals surface area contributed by atoms with Crippen LogP contribution >= 0.6 is 0 Å². The average molecular weight is 222 g/mol. The highest BCUT2D eigenvalue weighted by molar-refractivity contribution is 5.94. The molecule has 4 nitrogen and oxygen atoms in total. The molecule has 0 amide bonds. The predicted molar refractivity (Wildman–Crippen MR) is 58.4 cm³/mol. The Kier molecular flexibility index (Phi) is 3.66. The third-order valence-corrected chi connectivity index (χ3v) is 2.64. The van der Waals surface area contributed by atoms with E-state index in [2.05, 4.69) is 0 Å². The zero-order chi connectivity index (χ0) is 12.3. The van der Waals surface area contributed by atoms with Crippen LogP contribution in [0.25, 0.3) is 0 Å². The van der Waals surface area contributed by atoms with Gasteiger partial charge in [-0.15, -0.1) is 0 Å². The second-order valence-corrected chi connectivity index (χ2v) is 3.85. The Morgan fingerprint density at radius 3 is 1.88 bits per heavy atom. The van der Waals surface area contributed by atoms with Crippen LogP contribution in [0.15, 0.2) is 24.3 Å². The molecule has 1 atom stereocenters. The van der Waals surface area contributed by atoms with Crippen LogP contribution in [0.5, 0.6) is 0 Å². The summed E-state index contributed by atoms with van der Waals surface area (Å²) in [7, 11) is 0. The molecule has 0 aliphatic heterocycles. The van der Waals surface area contributed by atoms with Gasteiger partial charge < -0.3 is 10.2 Å². The summed E-state index contributed by atoms with van der Waals surface area (Å²) in [6.07, 6.45) is 0. The first-order valence-electron chi connectivity index (χ1n) is 4.95. The van der Waals surface area contributed by atoms with E-state index in [1.54, 1.807) is 19.1 Å². The van der Waals surface area contributed by atoms with Gasteiger partial charge in [0.25, 0.3) is 0 Å². The van der Waals surface area contributed by atoms with Crippen molar-refractivity contribution in [3.8, 4) is 0 Å². The average Bonchev–Trinajstić information content (AvgIpc) is 2.17. The minimum absolute atomic E-state index is 0.546. The molecule has 0 heterocycles. The van der Waals surface area contributed by atoms with Gasteiger partial charge in [-0.25, -0.2) is 0 Å². The summed E-state index contributed by atoms with van der Waals surface area (Å²) >= 11 is 0. The molecule has 1 aromatic rings. The van der Waals surface area contributed by atoms with Gasteiger partial charge in [0, 0.05) is 5.92 Å². The topological polar surface area (TPSA) is 74.6 Å². The highest BCUT2D eigenvalue weighted by atomic mass is 16.4. The Labute approximate surface area is 93.5 Å². The minimum atomic E-state index is -1.40. The minimum Gasteiger partial charge on any atom is -0.481 e. The highest BCUT2D eigenvalue weighted by Crippen LogP contribution is 2.25. The summed E-state index contributed by atoms with van der Waals surface area (Å²) in [6, 6.07) is 7.21. The van der Waals surface area contributed by atoms with Gasteiger partial charge in [0.05, 0.1) is 0 Å². The fourth-order valence-electron chi connectivity index (χ4n) is 1.60. The number of carboxylic acid groups (broad SMARTS) is 2. The molecule has 0 saturated heterocycles. The standard InChI is InChI=1S/C12H14O4/c1-7-3-5-9(6-4-7)8(2)10(11(13)14)12(15)16/h3-6,8,10H,1-2H3,(H,13,14)(H,15,16). The summed E-state index contributed by atoms with van der Waals surface area (Å²) < 4.78 is 0. The molecule has 4 heteroatoms. The second-order valence-electron chi connectivity index (χ2n) is 3.85. The molecule has 1 aromatic carbocycles. The van der Waals surface area contributed by atoms with Crippen molar-refractivity contribution in [1.82, 2.24) is 0 Å². The van der Waals surface area contributed by atoms with Gasteiger partial charge in [0.1, 0.15) is 0 Å². The molecule has 0 aromatic heterocycles. The number of aryl methyl sites for hydroxylation is 1. The molecular formula is C12H14O4. The Hall–Kier alpha value is -1.84. The van der Waals surface area contributed by atoms with Crippen molar-refractivity contribution < 1.29 is 19.8 Å². The van der Waals surface area contributed by atoms with Gasteiger partial charge in [-0.3, -0.25) is 9.59 Å². The van der Waals surface area contributed by atoms with Crippen LogP contribution < -0.4 is 0 Å². The van der Waals surface area contributed by atoms with E-state index in [9.17, 15) is 9.59 Å². The van der Waals surface area contributed by atoms with Crippen molar-refractivity contribution in [1.29, 1.82) is 0 Å². The smallest absolute Gasteiger partial charge is 0.318 e. The van der Waals surface area contributed by atoms with Gasteiger partial charge in [-0.2, -0.15) is 0 Å². The van der Waals surface area contributed by atoms with Crippen LogP contribution in [-0.4, -0.2) is 22.2 Å². The first-order chi connectivity index (χ1) is 7.43. The van der Waals surface area contributed by atoms with Gasteiger partial charge in [-0.1, -0.05) is 36.8 Å². The fraction of sp³-hybridized carbons (Fsp3) is 0.333. The number of rotatable bonds is 4. The molecule has 0 aliphatic carbocycles. The monoisotopic (exact) mass is 222 g/mol. The van der Waals surface area contributed by atoms with Crippen molar-refractivity contribution in [2.45, 2.75) is 19.8 Å². The zero-order valence-electron chi connectivity index (χ0n) is 9.18. The lowest BCUT2D eigenvalue weighted by Gasteiger charge is -2.16. The molecule has 16 heavy (non-hydrogen) atoms. The Morgan fingerprint density at radius 2 is 1.50 bits per heavy atom. The lowest BCUT2D eigenvalue weighted by Crippen LogP contribution is -2.28. The molecule has 0 spiro atoms. The van der Waals surface area contributed by atoms with Crippen molar-refractivity contribution in [2.24, 2.45) is 5.92 Å². The summed E-state index contributed by atoms with van der Waals surface area (Å²) in [5.41, 5.74) is 1.78. The first-order valence-corrected chi connectivity index (χ1v) is 4.95. The number of hydrogen-bond acceptors (Lipinski definition) is 2. The van der Waals surface area contributed by atoms with Crippen molar-refractivity contribution >= 4 is 11.9 Å². The predicted octanol–water partition coefficient (Wildman–Crippen LogP) is 1.88. The third-order valence-electron chi connectivity index (χ3n) is 2.64. The van der Waals surface area contributed by atoms with E-state index in [0.717, 1.165) is 11.1 Å². The molecule has 0 bridgehead atoms. The Bertz CT molecular complexity index is 380. The molecule has 0 radical (unpaired) electrons. The number of aliphatic carboxylic acids is 2. The number of carbonyl (C=O) groups is 2. The summed E-state index contributed by atoms with van der Waals surface area (Å²) in [4.78, 5) is 21.7. The number of hydrogen-bond donors (Lipinski definition) is 2. The summed E-state index contributed by atoms with van der Waals surface area (Å²) in [6.45, 7) is 3.53. The van der Waals surface area contributed by atoms with Crippen molar-refractivity contribution in [3.05, 3.63) is 35.4 Å². The maximum Gasteiger partial charge on any atom is 0.318 e. The van der Waals surface area contributed by atoms with Crippen LogP contribution in [-0.2, 0) is 9.59 Å². The van der Waals surface area contributed by atoms with Gasteiger partial charge >= 0.3 is 11.9 Å². The number of benzene rings is 1. The fourth-order valence-corrected chi connectivity index (χ4v) is 1.60. The SMILES string of the molecule is Cc1ccc(C(C)C(C(=O)O)C(=O)O)cc1. The van der Waals surface area contributed by atoms with Crippen LogP contribution in [0.1, 0.15) is 24.0 Å². The van der Waals surface area contributed by atoms with Crippen molar-refractivity contribution in [2.75, 3.05) is 0 Å². The molecule has 1 unspecified atom stereocenters. The molecule has 0 fully saturated rings. The van der Waals surface area contributed by atoms with Crippen molar-refractivity contribution in [3.63, 3.8) is 0 Å². The molecule has 2 N–H and O–H groups in total. The lowest BCUT2D eigenvalue weighted by atomic mass is 9.87. The molecule has 1 rings (SSSR count). The summed E-state index contributed by atoms with van der Waals surface area (Å²) in [5, 5.41) is 17.7. The van der Waals surface area contributed by atoms with E-state index in [4.69, 9.17) is 10.2 Å². The van der Waals surface area contributed by atoms with E-state index >= 15 is 0 Å². The maximum atomic E-state index is 10.8. The third kappa shape index (κ3) is 2.59. The van der Waals surface area contributed by atoms with Crippen LogP contribution in [0.4, 0.5) is 0 Å². The summed E-state index contributed by atoms with van der Waals surface area (Å²) in [5.74, 6) is -4.56. The van der Waals surface area contributed by atoms with Crippen LogP contribution in [0, 0.1) is 12.8 Å². The van der Waals surface area contributed by atoms with E-state index in [1.165, 1.54) is 0 Å². The second kappa shape index (κ2) is 4.79. The van der Waals surface area contributed by atoms with Gasteiger partial charge in [-0.05, 0) is 12.5 Å². The molecule has 86 valence electrons. The van der Waals surface area contributed by atoms with Crippen LogP contribution in [0.2, 0.25) is 0 Å². The first kappa shape index (κ1) is 12.2. The Balaban J connectivity index is 2.99. The van der Waals surface area contributed by atoms with Gasteiger partial charge in [0.15, 0.2) is 5.92 Å². The quantitative estimate of drug-likeness (QED) is 0.763. The largest absolute Gasteiger partial charge is 0.481 e.